The van der Waals surface area contributed by atoms with Gasteiger partial charge in [-0.05, 0) is 61.5 Å². The Morgan fingerprint density at radius 1 is 1.23 bits per heavy atom. The highest BCUT2D eigenvalue weighted by atomic mass is 32.2. The summed E-state index contributed by atoms with van der Waals surface area (Å²) in [4.78, 5) is 16.2. The molecule has 0 fully saturated rings. The van der Waals surface area contributed by atoms with Gasteiger partial charge in [0.2, 0.25) is 5.91 Å². The van der Waals surface area contributed by atoms with E-state index < -0.39 is 6.04 Å². The maximum atomic E-state index is 13.6. The van der Waals surface area contributed by atoms with Crippen molar-refractivity contribution in [2.75, 3.05) is 31.7 Å². The molecular formula is C23H26FN5OS. The topological polar surface area (TPSA) is 73.0 Å². The van der Waals surface area contributed by atoms with Crippen LogP contribution in [0.2, 0.25) is 0 Å². The molecule has 0 spiro atoms. The Morgan fingerprint density at radius 3 is 2.87 bits per heavy atom. The number of nitrogens with one attached hydrogen (secondary N) is 3. The van der Waals surface area contributed by atoms with Crippen molar-refractivity contribution < 1.29 is 9.18 Å². The number of carbonyl (C=O) groups excluding carboxylic acids is 1. The standard InChI is InChI=1S/C23H26FN5OS/c1-29(2)7-8-31-22-11-15(18-13-26-27-14-18)4-6-20(22)28-23(30)21-10-17-9-19(24)5-3-16(17)12-25-21/h3-6,9,11,13-14,21,25H,7-8,10,12H2,1-2H3,(H,26,27)(H,28,30)/t21-/m1/s1. The zero-order chi connectivity index (χ0) is 21.8. The molecule has 3 N–H and O–H groups in total. The van der Waals surface area contributed by atoms with Crippen molar-refractivity contribution in [1.82, 2.24) is 20.4 Å². The van der Waals surface area contributed by atoms with Crippen LogP contribution in [0.5, 0.6) is 0 Å². The van der Waals surface area contributed by atoms with Crippen LogP contribution in [0.25, 0.3) is 11.1 Å². The maximum absolute atomic E-state index is 13.6. The Kier molecular flexibility index (Phi) is 6.70. The van der Waals surface area contributed by atoms with Gasteiger partial charge in [0.1, 0.15) is 5.82 Å². The number of aromatic nitrogens is 2. The highest BCUT2D eigenvalue weighted by molar-refractivity contribution is 7.99. The number of thioether (sulfide) groups is 1. The second-order valence-corrected chi connectivity index (χ2v) is 9.03. The third-order valence-corrected chi connectivity index (χ3v) is 6.35. The summed E-state index contributed by atoms with van der Waals surface area (Å²) in [6.07, 6.45) is 4.10. The fraction of sp³-hybridized carbons (Fsp3) is 0.304. The number of hydrogen-bond donors (Lipinski definition) is 3. The molecule has 8 heteroatoms. The number of halogens is 1. The Hall–Kier alpha value is -2.68. The van der Waals surface area contributed by atoms with Crippen molar-refractivity contribution in [1.29, 1.82) is 0 Å². The molecule has 2 aromatic carbocycles. The van der Waals surface area contributed by atoms with E-state index >= 15 is 0 Å². The second-order valence-electron chi connectivity index (χ2n) is 7.89. The van der Waals surface area contributed by atoms with E-state index in [1.54, 1.807) is 24.0 Å². The number of fused-ring (bicyclic) bond motifs is 1. The van der Waals surface area contributed by atoms with Gasteiger partial charge in [-0.2, -0.15) is 5.10 Å². The monoisotopic (exact) mass is 439 g/mol. The van der Waals surface area contributed by atoms with Crippen LogP contribution < -0.4 is 10.6 Å². The molecular weight excluding hydrogens is 413 g/mol. The lowest BCUT2D eigenvalue weighted by molar-refractivity contribution is -0.118. The van der Waals surface area contributed by atoms with Crippen LogP contribution in [0.15, 0.2) is 53.7 Å². The van der Waals surface area contributed by atoms with Crippen molar-refractivity contribution in [3.63, 3.8) is 0 Å². The maximum Gasteiger partial charge on any atom is 0.241 e. The van der Waals surface area contributed by atoms with Gasteiger partial charge in [-0.15, -0.1) is 11.8 Å². The average Bonchev–Trinajstić information content (AvgIpc) is 3.29. The number of hydrogen-bond acceptors (Lipinski definition) is 5. The van der Waals surface area contributed by atoms with Crippen molar-refractivity contribution in [3.8, 4) is 11.1 Å². The van der Waals surface area contributed by atoms with E-state index in [2.05, 4.69) is 31.8 Å². The molecule has 0 radical (unpaired) electrons. The second kappa shape index (κ2) is 9.64. The van der Waals surface area contributed by atoms with E-state index in [-0.39, 0.29) is 11.7 Å². The van der Waals surface area contributed by atoms with Gasteiger partial charge < -0.3 is 15.5 Å². The lowest BCUT2D eigenvalue weighted by atomic mass is 9.95. The fourth-order valence-corrected chi connectivity index (χ4v) is 4.72. The average molecular weight is 440 g/mol. The smallest absolute Gasteiger partial charge is 0.241 e. The molecule has 0 unspecified atom stereocenters. The molecule has 1 aliphatic rings. The van der Waals surface area contributed by atoms with E-state index in [0.29, 0.717) is 13.0 Å². The lowest BCUT2D eigenvalue weighted by Gasteiger charge is -2.26. The number of nitrogens with zero attached hydrogens (tertiary/aromatic N) is 2. The molecule has 0 saturated heterocycles. The highest BCUT2D eigenvalue weighted by Gasteiger charge is 2.25. The molecule has 2 heterocycles. The number of anilines is 1. The van der Waals surface area contributed by atoms with Crippen LogP contribution in [0, 0.1) is 5.82 Å². The molecule has 1 aromatic heterocycles. The van der Waals surface area contributed by atoms with Gasteiger partial charge in [0.25, 0.3) is 0 Å². The molecule has 0 bridgehead atoms. The highest BCUT2D eigenvalue weighted by Crippen LogP contribution is 2.32. The molecule has 6 nitrogen and oxygen atoms in total. The Bertz CT molecular complexity index is 1050. The van der Waals surface area contributed by atoms with Crippen LogP contribution in [0.1, 0.15) is 11.1 Å². The van der Waals surface area contributed by atoms with Gasteiger partial charge in [0, 0.05) is 35.5 Å². The first-order valence-electron chi connectivity index (χ1n) is 10.2. The van der Waals surface area contributed by atoms with Crippen LogP contribution in [0.3, 0.4) is 0 Å². The van der Waals surface area contributed by atoms with Gasteiger partial charge >= 0.3 is 0 Å². The van der Waals surface area contributed by atoms with Crippen LogP contribution in [0.4, 0.5) is 10.1 Å². The summed E-state index contributed by atoms with van der Waals surface area (Å²) >= 11 is 1.71. The van der Waals surface area contributed by atoms with E-state index in [9.17, 15) is 9.18 Å². The first-order chi connectivity index (χ1) is 15.0. The van der Waals surface area contributed by atoms with E-state index in [1.807, 2.05) is 32.4 Å². The van der Waals surface area contributed by atoms with Gasteiger partial charge in [-0.3, -0.25) is 9.89 Å². The molecule has 0 aliphatic carbocycles. The minimum Gasteiger partial charge on any atom is -0.324 e. The van der Waals surface area contributed by atoms with E-state index in [1.165, 1.54) is 12.1 Å². The summed E-state index contributed by atoms with van der Waals surface area (Å²) in [7, 11) is 4.08. The van der Waals surface area contributed by atoms with Gasteiger partial charge in [-0.25, -0.2) is 4.39 Å². The molecule has 1 aliphatic heterocycles. The van der Waals surface area contributed by atoms with E-state index in [0.717, 1.165) is 45.1 Å². The Morgan fingerprint density at radius 2 is 2.10 bits per heavy atom. The molecule has 162 valence electrons. The van der Waals surface area contributed by atoms with E-state index in [4.69, 9.17) is 0 Å². The third-order valence-electron chi connectivity index (χ3n) is 5.31. The van der Waals surface area contributed by atoms with Crippen molar-refractivity contribution in [2.45, 2.75) is 23.9 Å². The summed E-state index contributed by atoms with van der Waals surface area (Å²) in [5.74, 6) is 0.522. The number of amides is 1. The SMILES string of the molecule is CN(C)CCSc1cc(-c2cn[nH]c2)ccc1NC(=O)[C@H]1Cc2cc(F)ccc2CN1. The zero-order valence-electron chi connectivity index (χ0n) is 17.6. The third kappa shape index (κ3) is 5.33. The molecule has 1 atom stereocenters. The Balaban J connectivity index is 1.51. The lowest BCUT2D eigenvalue weighted by Crippen LogP contribution is -2.44. The largest absolute Gasteiger partial charge is 0.324 e. The number of carbonyl (C=O) groups is 1. The molecule has 1 amide bonds. The summed E-state index contributed by atoms with van der Waals surface area (Å²) in [6.45, 7) is 1.48. The fourth-order valence-electron chi connectivity index (χ4n) is 3.56. The number of aromatic amines is 1. The van der Waals surface area contributed by atoms with Crippen LogP contribution in [-0.4, -0.2) is 53.4 Å². The molecule has 31 heavy (non-hydrogen) atoms. The summed E-state index contributed by atoms with van der Waals surface area (Å²) < 4.78 is 13.6. The molecule has 0 saturated carbocycles. The van der Waals surface area contributed by atoms with Crippen LogP contribution in [-0.2, 0) is 17.8 Å². The molecule has 4 rings (SSSR count). The normalized spacial score (nSPS) is 15.7. The predicted octanol–water partition coefficient (Wildman–Crippen LogP) is 3.52. The van der Waals surface area contributed by atoms with Gasteiger partial charge in [-0.1, -0.05) is 12.1 Å². The molecule has 3 aromatic rings. The number of rotatable bonds is 7. The minimum absolute atomic E-state index is 0.111. The Labute approximate surface area is 185 Å². The summed E-state index contributed by atoms with van der Waals surface area (Å²) in [6, 6.07) is 10.4. The van der Waals surface area contributed by atoms with Crippen molar-refractivity contribution in [2.24, 2.45) is 0 Å². The zero-order valence-corrected chi connectivity index (χ0v) is 18.4. The van der Waals surface area contributed by atoms with Gasteiger partial charge in [0.05, 0.1) is 17.9 Å². The number of H-pyrrole nitrogens is 1. The predicted molar refractivity (Wildman–Crippen MR) is 123 cm³/mol. The van der Waals surface area contributed by atoms with Crippen molar-refractivity contribution >= 4 is 23.4 Å². The summed E-state index contributed by atoms with van der Waals surface area (Å²) in [5.41, 5.74) is 4.75. The minimum atomic E-state index is -0.400. The van der Waals surface area contributed by atoms with Crippen LogP contribution >= 0.6 is 11.8 Å². The summed E-state index contributed by atoms with van der Waals surface area (Å²) in [5, 5.41) is 13.2. The first-order valence-corrected chi connectivity index (χ1v) is 11.2. The quantitative estimate of drug-likeness (QED) is 0.491. The first kappa shape index (κ1) is 21.5. The van der Waals surface area contributed by atoms with Gasteiger partial charge in [0.15, 0.2) is 0 Å². The van der Waals surface area contributed by atoms with Crippen molar-refractivity contribution in [3.05, 3.63) is 65.7 Å². The number of benzene rings is 2.